The van der Waals surface area contributed by atoms with E-state index < -0.39 is 18.0 Å². The zero-order chi connectivity index (χ0) is 30.8. The van der Waals surface area contributed by atoms with Crippen LogP contribution in [0.4, 0.5) is 5.69 Å². The molecule has 1 aromatic carbocycles. The minimum atomic E-state index is -1.51. The molecule has 3 rings (SSSR count). The Labute approximate surface area is 252 Å². The number of aliphatic hydroxyl groups excluding tert-OH is 1. The zero-order valence-corrected chi connectivity index (χ0v) is 26.2. The van der Waals surface area contributed by atoms with Crippen LogP contribution in [0.15, 0.2) is 36.4 Å². The molecule has 0 saturated heterocycles. The van der Waals surface area contributed by atoms with Crippen LogP contribution < -0.4 is 10.4 Å². The molecule has 7 nitrogen and oxygen atoms in total. The van der Waals surface area contributed by atoms with Gasteiger partial charge in [-0.1, -0.05) is 110 Å². The molecular formula is C35H54N2O5. The van der Waals surface area contributed by atoms with Crippen LogP contribution in [-0.2, 0) is 16.0 Å². The van der Waals surface area contributed by atoms with E-state index in [1.807, 2.05) is 0 Å². The number of rotatable bonds is 18. The van der Waals surface area contributed by atoms with Crippen molar-refractivity contribution in [3.05, 3.63) is 47.7 Å². The van der Waals surface area contributed by atoms with Crippen molar-refractivity contribution in [3.63, 3.8) is 0 Å². The van der Waals surface area contributed by atoms with Crippen LogP contribution in [0.1, 0.15) is 134 Å². The van der Waals surface area contributed by atoms with Gasteiger partial charge in [0.25, 0.3) is 0 Å². The summed E-state index contributed by atoms with van der Waals surface area (Å²) in [6.45, 7) is 7.87. The number of para-hydroxylation sites is 1. The molecule has 234 valence electrons. The van der Waals surface area contributed by atoms with Gasteiger partial charge < -0.3 is 25.4 Å². The molecule has 0 bridgehead atoms. The van der Waals surface area contributed by atoms with Crippen LogP contribution in [0.2, 0.25) is 0 Å². The Morgan fingerprint density at radius 3 is 2.00 bits per heavy atom. The Kier molecular flexibility index (Phi) is 16.4. The standard InChI is InChI=1S/C31H50N2O.C4H4O4/c1-4-5-6-7-8-9-10-11-12-13-14-15-16-19-22-32-30-25-20-17-18-21-26(25)33-27-23-31(2,3)24-28(34)29(27)30;5-3(6)1-2-4(7)8/h17-18,20-21,28,34H,4-16,19,22-24H2,1-3H3,(H,32,33);1-2H,(H,5,6)(H,7,8). The van der Waals surface area contributed by atoms with Crippen molar-refractivity contribution >= 4 is 28.5 Å². The van der Waals surface area contributed by atoms with Crippen molar-refractivity contribution in [1.29, 1.82) is 0 Å². The third-order valence-electron chi connectivity index (χ3n) is 8.04. The molecule has 0 aliphatic heterocycles. The summed E-state index contributed by atoms with van der Waals surface area (Å²) >= 11 is 0. The first kappa shape index (κ1) is 35.4. The molecule has 1 aliphatic carbocycles. The van der Waals surface area contributed by atoms with Gasteiger partial charge in [-0.3, -0.25) is 4.98 Å². The molecule has 42 heavy (non-hydrogen) atoms. The number of unbranched alkanes of at least 4 members (excludes halogenated alkanes) is 13. The smallest absolute Gasteiger partial charge is 0.328 e. The molecule has 1 unspecified atom stereocenters. The van der Waals surface area contributed by atoms with E-state index in [-0.39, 0.29) is 5.41 Å². The lowest BCUT2D eigenvalue weighted by molar-refractivity contribution is -0.571. The molecule has 4 N–H and O–H groups in total. The first-order valence-corrected chi connectivity index (χ1v) is 16.2. The quantitative estimate of drug-likeness (QED) is 0.140. The Bertz CT molecular complexity index is 1110. The molecular weight excluding hydrogens is 528 g/mol. The summed E-state index contributed by atoms with van der Waals surface area (Å²) in [5, 5.41) is 31.8. The number of quaternary nitrogens is 1. The van der Waals surface area contributed by atoms with E-state index in [2.05, 4.69) is 50.4 Å². The molecule has 1 aliphatic rings. The van der Waals surface area contributed by atoms with Crippen LogP contribution >= 0.6 is 0 Å². The fraction of sp³-hybridized carbons (Fsp3) is 0.629. The van der Waals surface area contributed by atoms with Gasteiger partial charge in [-0.05, 0) is 49.3 Å². The lowest BCUT2D eigenvalue weighted by Gasteiger charge is -2.34. The second-order valence-electron chi connectivity index (χ2n) is 12.5. The number of hydrogen-bond donors (Lipinski definition) is 3. The molecule has 0 radical (unpaired) electrons. The number of carboxylic acid groups (broad SMARTS) is 2. The van der Waals surface area contributed by atoms with E-state index in [1.54, 1.807) is 0 Å². The van der Waals surface area contributed by atoms with Gasteiger partial charge in [-0.25, -0.2) is 4.79 Å². The normalized spacial score (nSPS) is 15.8. The average molecular weight is 583 g/mol. The minimum absolute atomic E-state index is 0.105. The molecule has 1 heterocycles. The number of carboxylic acids is 2. The first-order chi connectivity index (χ1) is 20.1. The van der Waals surface area contributed by atoms with Crippen molar-refractivity contribution < 1.29 is 30.2 Å². The maximum atomic E-state index is 11.0. The second kappa shape index (κ2) is 19.4. The number of aliphatic hydroxyl groups is 1. The number of nitrogens with two attached hydrogens (primary N) is 1. The number of benzene rings is 1. The fourth-order valence-corrected chi connectivity index (χ4v) is 5.91. The largest absolute Gasteiger partial charge is 0.545 e. The number of fused-ring (bicyclic) bond motifs is 2. The van der Waals surface area contributed by atoms with Crippen LogP contribution in [0.25, 0.3) is 10.9 Å². The number of carbonyl (C=O) groups is 2. The molecule has 0 fully saturated rings. The van der Waals surface area contributed by atoms with Crippen LogP contribution in [0.5, 0.6) is 0 Å². The van der Waals surface area contributed by atoms with Crippen LogP contribution in [-0.4, -0.2) is 33.7 Å². The summed E-state index contributed by atoms with van der Waals surface area (Å²) in [5.74, 6) is -2.80. The predicted molar refractivity (Wildman–Crippen MR) is 167 cm³/mol. The van der Waals surface area contributed by atoms with E-state index in [4.69, 9.17) is 10.1 Å². The van der Waals surface area contributed by atoms with Crippen molar-refractivity contribution in [2.75, 3.05) is 6.54 Å². The maximum Gasteiger partial charge on any atom is 0.328 e. The molecule has 7 heteroatoms. The Hall–Kier alpha value is -2.77. The summed E-state index contributed by atoms with van der Waals surface area (Å²) < 4.78 is 0. The number of aliphatic carboxylic acids is 2. The maximum absolute atomic E-state index is 11.0. The van der Waals surface area contributed by atoms with Gasteiger partial charge in [0.2, 0.25) is 0 Å². The van der Waals surface area contributed by atoms with E-state index >= 15 is 0 Å². The number of hydrogen-bond acceptors (Lipinski definition) is 5. The topological polar surface area (TPSA) is 127 Å². The van der Waals surface area contributed by atoms with Gasteiger partial charge in [0, 0.05) is 6.08 Å². The average Bonchev–Trinajstić information content (AvgIpc) is 2.93. The molecule has 2 aromatic rings. The highest BCUT2D eigenvalue weighted by molar-refractivity contribution is 5.90. The van der Waals surface area contributed by atoms with Crippen molar-refractivity contribution in [3.8, 4) is 0 Å². The van der Waals surface area contributed by atoms with Gasteiger partial charge in [0.05, 0.1) is 40.8 Å². The highest BCUT2D eigenvalue weighted by Gasteiger charge is 2.36. The molecule has 0 amide bonds. The van der Waals surface area contributed by atoms with Crippen molar-refractivity contribution in [1.82, 2.24) is 4.98 Å². The number of aromatic nitrogens is 1. The number of pyridine rings is 1. The van der Waals surface area contributed by atoms with Gasteiger partial charge in [-0.15, -0.1) is 0 Å². The van der Waals surface area contributed by atoms with Gasteiger partial charge in [0.1, 0.15) is 5.69 Å². The van der Waals surface area contributed by atoms with Crippen molar-refractivity contribution in [2.24, 2.45) is 5.41 Å². The SMILES string of the molecule is CCCCCCCCCCCCCCCC[NH2+]c1c2c(nc3ccccc13)CC(C)(C)CC2O.O=C([O-])C=CC(=O)O. The van der Waals surface area contributed by atoms with E-state index in [0.29, 0.717) is 12.2 Å². The summed E-state index contributed by atoms with van der Waals surface area (Å²) in [6, 6.07) is 8.46. The molecule has 1 atom stereocenters. The monoisotopic (exact) mass is 582 g/mol. The number of nitrogens with zero attached hydrogens (tertiary/aromatic N) is 1. The second-order valence-corrected chi connectivity index (χ2v) is 12.5. The third kappa shape index (κ3) is 13.5. The predicted octanol–water partition coefficient (Wildman–Crippen LogP) is 6.29. The lowest BCUT2D eigenvalue weighted by atomic mass is 9.74. The molecule has 0 saturated carbocycles. The number of carbonyl (C=O) groups excluding carboxylic acids is 1. The first-order valence-electron chi connectivity index (χ1n) is 16.2. The minimum Gasteiger partial charge on any atom is -0.545 e. The zero-order valence-electron chi connectivity index (χ0n) is 26.2. The van der Waals surface area contributed by atoms with E-state index in [9.17, 15) is 19.8 Å². The highest BCUT2D eigenvalue weighted by Crippen LogP contribution is 2.43. The van der Waals surface area contributed by atoms with Crippen LogP contribution in [0.3, 0.4) is 0 Å². The molecule has 1 aromatic heterocycles. The van der Waals surface area contributed by atoms with Gasteiger partial charge in [0.15, 0.2) is 0 Å². The van der Waals surface area contributed by atoms with Crippen LogP contribution in [0, 0.1) is 5.41 Å². The Morgan fingerprint density at radius 2 is 1.48 bits per heavy atom. The Balaban J connectivity index is 0.000000675. The fourth-order valence-electron chi connectivity index (χ4n) is 5.91. The van der Waals surface area contributed by atoms with E-state index in [0.717, 1.165) is 36.2 Å². The summed E-state index contributed by atoms with van der Waals surface area (Å²) in [5.41, 5.74) is 4.63. The van der Waals surface area contributed by atoms with Gasteiger partial charge >= 0.3 is 5.97 Å². The molecule has 0 spiro atoms. The van der Waals surface area contributed by atoms with E-state index in [1.165, 1.54) is 101 Å². The summed E-state index contributed by atoms with van der Waals surface area (Å²) in [7, 11) is 0. The van der Waals surface area contributed by atoms with Crippen molar-refractivity contribution in [2.45, 2.75) is 130 Å². The highest BCUT2D eigenvalue weighted by atomic mass is 16.4. The summed E-state index contributed by atoms with van der Waals surface area (Å²) in [6.07, 6.45) is 21.8. The van der Waals surface area contributed by atoms with Gasteiger partial charge in [-0.2, -0.15) is 0 Å². The Morgan fingerprint density at radius 1 is 0.929 bits per heavy atom. The summed E-state index contributed by atoms with van der Waals surface area (Å²) in [4.78, 5) is 23.9. The third-order valence-corrected chi connectivity index (χ3v) is 8.04. The lowest BCUT2D eigenvalue weighted by Crippen LogP contribution is -2.78.